The molecule has 0 aliphatic heterocycles. The smallest absolute Gasteiger partial charge is 0.298 e. The van der Waals surface area contributed by atoms with E-state index in [4.69, 9.17) is 28.0 Å². The van der Waals surface area contributed by atoms with Gasteiger partial charge in [0.05, 0.1) is 18.7 Å². The third-order valence-corrected chi connectivity index (χ3v) is 4.28. The molecule has 0 amide bonds. The second kappa shape index (κ2) is 9.80. The Morgan fingerprint density at radius 3 is 2.59 bits per heavy atom. The number of hydrazone groups is 1. The average Bonchev–Trinajstić information content (AvgIpc) is 2.65. The highest BCUT2D eigenvalue weighted by molar-refractivity contribution is 6.30. The lowest BCUT2D eigenvalue weighted by Crippen LogP contribution is -2.40. The van der Waals surface area contributed by atoms with Crippen LogP contribution in [0, 0.1) is 11.7 Å². The molecule has 0 aliphatic rings. The Kier molecular flexibility index (Phi) is 7.69. The summed E-state index contributed by atoms with van der Waals surface area (Å²) in [4.78, 5) is 3.83. The van der Waals surface area contributed by atoms with E-state index in [9.17, 15) is 4.39 Å². The zero-order valence-corrected chi connectivity index (χ0v) is 16.8. The van der Waals surface area contributed by atoms with Crippen molar-refractivity contribution < 1.29 is 17.9 Å². The van der Waals surface area contributed by atoms with Gasteiger partial charge >= 0.3 is 0 Å². The minimum absolute atomic E-state index is 0.0891. The predicted molar refractivity (Wildman–Crippen MR) is 106 cm³/mol. The maximum Gasteiger partial charge on any atom is 0.298 e. The molecule has 1 aromatic heterocycles. The van der Waals surface area contributed by atoms with Crippen LogP contribution in [0.25, 0.3) is 0 Å². The summed E-state index contributed by atoms with van der Waals surface area (Å²) < 4.78 is 50.7. The highest BCUT2D eigenvalue weighted by atomic mass is 35.5. The molecular formula is C19H23ClF3N5O. The first-order valence-corrected chi connectivity index (χ1v) is 9.19. The largest absolute Gasteiger partial charge is 0.492 e. The van der Waals surface area contributed by atoms with Crippen molar-refractivity contribution in [3.8, 4) is 5.75 Å². The number of aromatic nitrogens is 1. The lowest BCUT2D eigenvalue weighted by molar-refractivity contribution is -0.0443. The Labute approximate surface area is 172 Å². The van der Waals surface area contributed by atoms with Gasteiger partial charge < -0.3 is 10.6 Å². The van der Waals surface area contributed by atoms with Gasteiger partial charge in [0.2, 0.25) is 0 Å². The number of halogens is 4. The van der Waals surface area contributed by atoms with E-state index in [0.717, 1.165) is 23.5 Å². The summed E-state index contributed by atoms with van der Waals surface area (Å²) in [6.45, 7) is 3.88. The summed E-state index contributed by atoms with van der Waals surface area (Å²) in [5.41, 5.74) is -0.811. The Hall–Kier alpha value is -2.52. The number of alkyl halides is 2. The van der Waals surface area contributed by atoms with Gasteiger partial charge in [-0.15, -0.1) is 0 Å². The van der Waals surface area contributed by atoms with Crippen molar-refractivity contribution in [2.75, 3.05) is 13.2 Å². The fraction of sp³-hybridized carbons (Fsp3) is 0.368. The number of rotatable bonds is 9. The zero-order chi connectivity index (χ0) is 21.6. The third kappa shape index (κ3) is 5.98. The predicted octanol–water partition coefficient (Wildman–Crippen LogP) is 3.86. The normalized spacial score (nSPS) is 13.1. The lowest BCUT2D eigenvalue weighted by atomic mass is 9.89. The zero-order valence-electron chi connectivity index (χ0n) is 16.0. The van der Waals surface area contributed by atoms with Crippen molar-refractivity contribution in [2.45, 2.75) is 25.7 Å². The van der Waals surface area contributed by atoms with Crippen LogP contribution in [-0.2, 0) is 5.92 Å². The van der Waals surface area contributed by atoms with Crippen LogP contribution >= 0.6 is 11.6 Å². The Morgan fingerprint density at radius 2 is 2.03 bits per heavy atom. The van der Waals surface area contributed by atoms with Crippen LogP contribution in [0.4, 0.5) is 13.2 Å². The van der Waals surface area contributed by atoms with Crippen molar-refractivity contribution in [2.24, 2.45) is 22.7 Å². The summed E-state index contributed by atoms with van der Waals surface area (Å²) >= 11 is 5.75. The van der Waals surface area contributed by atoms with Crippen LogP contribution in [0.1, 0.15) is 31.0 Å². The van der Waals surface area contributed by atoms with E-state index in [1.54, 1.807) is 0 Å². The number of ether oxygens (including phenoxy) is 1. The molecule has 158 valence electrons. The van der Waals surface area contributed by atoms with E-state index in [1.807, 2.05) is 13.8 Å². The van der Waals surface area contributed by atoms with Crippen molar-refractivity contribution in [1.82, 2.24) is 9.99 Å². The fourth-order valence-corrected chi connectivity index (χ4v) is 2.80. The van der Waals surface area contributed by atoms with Gasteiger partial charge in [0.1, 0.15) is 23.6 Å². The van der Waals surface area contributed by atoms with Gasteiger partial charge in [0, 0.05) is 11.6 Å². The molecule has 1 atom stereocenters. The number of hydrogen-bond donors (Lipinski definition) is 2. The first kappa shape index (κ1) is 22.8. The number of hydrogen-bond acceptors (Lipinski definition) is 5. The van der Waals surface area contributed by atoms with E-state index in [0.29, 0.717) is 12.4 Å². The molecule has 0 aliphatic carbocycles. The number of nitrogens with two attached hydrogens (primary N) is 2. The van der Waals surface area contributed by atoms with Crippen LogP contribution in [0.5, 0.6) is 5.75 Å². The molecule has 10 heteroatoms. The van der Waals surface area contributed by atoms with Crippen molar-refractivity contribution >= 4 is 17.9 Å². The summed E-state index contributed by atoms with van der Waals surface area (Å²) in [5.74, 6) is 5.18. The van der Waals surface area contributed by atoms with Gasteiger partial charge in [-0.2, -0.15) is 13.9 Å². The first-order valence-electron chi connectivity index (χ1n) is 8.82. The third-order valence-electron chi connectivity index (χ3n) is 4.05. The molecule has 0 fully saturated rings. The van der Waals surface area contributed by atoms with Crippen molar-refractivity contribution in [3.63, 3.8) is 0 Å². The van der Waals surface area contributed by atoms with Crippen LogP contribution in [0.15, 0.2) is 41.6 Å². The Bertz CT molecular complexity index is 833. The quantitative estimate of drug-likeness (QED) is 0.273. The summed E-state index contributed by atoms with van der Waals surface area (Å²) in [6.07, 6.45) is 2.18. The van der Waals surface area contributed by atoms with E-state index in [1.165, 1.54) is 24.4 Å². The van der Waals surface area contributed by atoms with E-state index >= 15 is 8.78 Å². The van der Waals surface area contributed by atoms with E-state index in [-0.39, 0.29) is 16.5 Å². The monoisotopic (exact) mass is 429 g/mol. The van der Waals surface area contributed by atoms with Gasteiger partial charge in [-0.05, 0) is 35.7 Å². The minimum atomic E-state index is -3.56. The maximum absolute atomic E-state index is 15.4. The van der Waals surface area contributed by atoms with Crippen LogP contribution in [0.3, 0.4) is 0 Å². The molecule has 4 N–H and O–H groups in total. The van der Waals surface area contributed by atoms with Gasteiger partial charge in [-0.25, -0.2) is 10.2 Å². The van der Waals surface area contributed by atoms with Crippen LogP contribution in [-0.4, -0.2) is 29.5 Å². The second-order valence-corrected chi connectivity index (χ2v) is 7.32. The molecule has 0 radical (unpaired) electrons. The average molecular weight is 430 g/mol. The number of nitrogens with zero attached hydrogens (tertiary/aromatic N) is 3. The topological polar surface area (TPSA) is 89.8 Å². The Balaban J connectivity index is 2.39. The number of pyridine rings is 1. The minimum Gasteiger partial charge on any atom is -0.492 e. The molecule has 2 rings (SSSR count). The fourth-order valence-electron chi connectivity index (χ4n) is 2.64. The molecule has 0 spiro atoms. The highest BCUT2D eigenvalue weighted by Crippen LogP contribution is 2.43. The molecule has 0 saturated carbocycles. The molecule has 0 bridgehead atoms. The highest BCUT2D eigenvalue weighted by Gasteiger charge is 2.45. The van der Waals surface area contributed by atoms with Crippen LogP contribution < -0.4 is 16.4 Å². The lowest BCUT2D eigenvalue weighted by Gasteiger charge is -2.29. The summed E-state index contributed by atoms with van der Waals surface area (Å²) in [5, 5.41) is 4.15. The molecule has 0 saturated heterocycles. The second-order valence-electron chi connectivity index (χ2n) is 6.89. The van der Waals surface area contributed by atoms with Gasteiger partial charge in [-0.3, -0.25) is 9.99 Å². The number of hydrazine groups is 1. The SMILES string of the molecule is CC(C)COc1ccc(C(F)(F)C(CN(N)/C=N\N)c2ccc(Cl)cc2F)nc1. The number of benzene rings is 1. The molecule has 1 heterocycles. The molecule has 1 aromatic carbocycles. The van der Waals surface area contributed by atoms with Gasteiger partial charge in [0.25, 0.3) is 5.92 Å². The summed E-state index contributed by atoms with van der Waals surface area (Å²) in [7, 11) is 0. The van der Waals surface area contributed by atoms with Gasteiger partial charge in [0.15, 0.2) is 0 Å². The van der Waals surface area contributed by atoms with E-state index < -0.39 is 29.9 Å². The molecule has 2 aromatic rings. The van der Waals surface area contributed by atoms with E-state index in [2.05, 4.69) is 10.1 Å². The molecule has 6 nitrogen and oxygen atoms in total. The van der Waals surface area contributed by atoms with Crippen molar-refractivity contribution in [3.05, 3.63) is 58.6 Å². The maximum atomic E-state index is 15.4. The Morgan fingerprint density at radius 1 is 1.31 bits per heavy atom. The van der Waals surface area contributed by atoms with Crippen LogP contribution in [0.2, 0.25) is 5.02 Å². The van der Waals surface area contributed by atoms with Crippen molar-refractivity contribution in [1.29, 1.82) is 0 Å². The summed E-state index contributed by atoms with van der Waals surface area (Å²) in [6, 6.07) is 6.04. The molecule has 29 heavy (non-hydrogen) atoms. The molecular weight excluding hydrogens is 407 g/mol. The standard InChI is InChI=1S/C19H23ClF3N5O/c1-12(2)10-29-14-4-6-18(26-8-14)19(22,23)16(9-28(25)11-27-24)15-5-3-13(20)7-17(15)21/h3-8,11-12,16H,9-10,24-25H2,1-2H3/b27-11-. The first-order chi connectivity index (χ1) is 13.6. The van der Waals surface area contributed by atoms with Gasteiger partial charge in [-0.1, -0.05) is 31.5 Å². The molecule has 1 unspecified atom stereocenters.